The molecule has 1 aliphatic heterocycles. The summed E-state index contributed by atoms with van der Waals surface area (Å²) in [4.78, 5) is 4.63. The fourth-order valence-corrected chi connectivity index (χ4v) is 4.89. The monoisotopic (exact) mass is 372 g/mol. The first-order valence-corrected chi connectivity index (χ1v) is 8.74. The van der Waals surface area contributed by atoms with Crippen LogP contribution in [0, 0.1) is 0 Å². The molecule has 0 aromatic heterocycles. The van der Waals surface area contributed by atoms with Gasteiger partial charge in [0.05, 0.1) is 0 Å². The van der Waals surface area contributed by atoms with Crippen LogP contribution in [0.1, 0.15) is 32.1 Å². The topological polar surface area (TPSA) is 24.4 Å². The molecule has 1 atom stereocenters. The summed E-state index contributed by atoms with van der Waals surface area (Å²) < 4.78 is 2.14. The second kappa shape index (κ2) is 5.71. The molecule has 0 radical (unpaired) electrons. The number of hydrogen-bond acceptors (Lipinski definition) is 2. The van der Waals surface area contributed by atoms with E-state index >= 15 is 0 Å². The van der Waals surface area contributed by atoms with E-state index in [-0.39, 0.29) is 0 Å². The molecular weight excluding hydrogens is 354 g/mol. The molecule has 0 bridgehead atoms. The number of amidine groups is 1. The van der Waals surface area contributed by atoms with Crippen LogP contribution in [0.5, 0.6) is 0 Å². The van der Waals surface area contributed by atoms with Crippen LogP contribution >= 0.6 is 22.6 Å². The van der Waals surface area contributed by atoms with Crippen molar-refractivity contribution in [1.82, 2.24) is 5.32 Å². The van der Waals surface area contributed by atoms with Gasteiger partial charge < -0.3 is 0 Å². The summed E-state index contributed by atoms with van der Waals surface area (Å²) in [5.41, 5.74) is 0. The van der Waals surface area contributed by atoms with Crippen molar-refractivity contribution in [2.75, 3.05) is 6.54 Å². The molecule has 14 heavy (non-hydrogen) atoms. The van der Waals surface area contributed by atoms with Gasteiger partial charge in [0.25, 0.3) is 0 Å². The van der Waals surface area contributed by atoms with Gasteiger partial charge in [0.1, 0.15) is 0 Å². The number of hydrogen-bond donors (Lipinski definition) is 1. The van der Waals surface area contributed by atoms with E-state index in [2.05, 4.69) is 32.9 Å². The van der Waals surface area contributed by atoms with Crippen LogP contribution in [0.3, 0.4) is 0 Å². The first-order chi connectivity index (χ1) is 6.84. The van der Waals surface area contributed by atoms with Gasteiger partial charge in [-0.2, -0.15) is 0 Å². The quantitative estimate of drug-likeness (QED) is 0.427. The van der Waals surface area contributed by atoms with Crippen LogP contribution in [0.25, 0.3) is 0 Å². The molecule has 4 heteroatoms. The van der Waals surface area contributed by atoms with Gasteiger partial charge in [0.2, 0.25) is 0 Å². The number of rotatable bonds is 1. The molecule has 2 rings (SSSR count). The number of nitrogens with zero attached hydrogens (tertiary/aromatic N) is 1. The van der Waals surface area contributed by atoms with E-state index in [1.165, 1.54) is 42.2 Å². The van der Waals surface area contributed by atoms with Crippen molar-refractivity contribution >= 4 is 42.3 Å². The van der Waals surface area contributed by atoms with Crippen molar-refractivity contribution in [1.29, 1.82) is 0 Å². The zero-order valence-electron chi connectivity index (χ0n) is 8.34. The molecule has 1 fully saturated rings. The third-order valence-electron chi connectivity index (χ3n) is 2.77. The Morgan fingerprint density at radius 3 is 2.71 bits per heavy atom. The SMILES string of the molecule is IC1CN=C(NC2CCCCC2)[Se]C1. The van der Waals surface area contributed by atoms with Gasteiger partial charge in [-0.15, -0.1) is 0 Å². The number of nitrogens with one attached hydrogen (secondary N) is 1. The first kappa shape index (κ1) is 11.2. The zero-order chi connectivity index (χ0) is 9.80. The van der Waals surface area contributed by atoms with E-state index in [9.17, 15) is 0 Å². The third-order valence-corrected chi connectivity index (χ3v) is 7.23. The van der Waals surface area contributed by atoms with Gasteiger partial charge in [-0.05, 0) is 0 Å². The standard InChI is InChI=1S/C10H17IN2Se/c11-8-6-12-10(14-7-8)13-9-4-2-1-3-5-9/h8-9H,1-7H2,(H,12,13). The van der Waals surface area contributed by atoms with Crippen molar-refractivity contribution in [2.45, 2.75) is 47.4 Å². The van der Waals surface area contributed by atoms with Crippen molar-refractivity contribution in [3.63, 3.8) is 0 Å². The molecule has 80 valence electrons. The maximum absolute atomic E-state index is 4.63. The summed E-state index contributed by atoms with van der Waals surface area (Å²) in [7, 11) is 0. The van der Waals surface area contributed by atoms with Gasteiger partial charge in [-0.25, -0.2) is 0 Å². The summed E-state index contributed by atoms with van der Waals surface area (Å²) in [6.07, 6.45) is 6.98. The first-order valence-electron chi connectivity index (χ1n) is 5.42. The average Bonchev–Trinajstić information content (AvgIpc) is 2.23. The van der Waals surface area contributed by atoms with Gasteiger partial charge in [-0.1, -0.05) is 0 Å². The normalized spacial score (nSPS) is 29.8. The third kappa shape index (κ3) is 3.38. The Balaban J connectivity index is 1.78. The molecule has 1 saturated carbocycles. The second-order valence-electron chi connectivity index (χ2n) is 4.03. The van der Waals surface area contributed by atoms with E-state index in [4.69, 9.17) is 0 Å². The van der Waals surface area contributed by atoms with Crippen LogP contribution in [0.4, 0.5) is 0 Å². The molecule has 2 aliphatic rings. The minimum atomic E-state index is 0.627. The van der Waals surface area contributed by atoms with Crippen molar-refractivity contribution in [3.05, 3.63) is 0 Å². The molecule has 1 heterocycles. The van der Waals surface area contributed by atoms with Crippen LogP contribution < -0.4 is 5.32 Å². The second-order valence-corrected chi connectivity index (χ2v) is 7.91. The molecule has 0 saturated heterocycles. The molecule has 0 aromatic rings. The van der Waals surface area contributed by atoms with E-state index < -0.39 is 0 Å². The van der Waals surface area contributed by atoms with Gasteiger partial charge >= 0.3 is 107 Å². The predicted molar refractivity (Wildman–Crippen MR) is 70.7 cm³/mol. The Morgan fingerprint density at radius 2 is 2.07 bits per heavy atom. The fourth-order valence-electron chi connectivity index (χ4n) is 1.96. The number of aliphatic imine (C=N–C) groups is 1. The van der Waals surface area contributed by atoms with Gasteiger partial charge in [0, 0.05) is 0 Å². The van der Waals surface area contributed by atoms with Crippen LogP contribution in [0.15, 0.2) is 4.99 Å². The van der Waals surface area contributed by atoms with E-state index in [1.54, 1.807) is 0 Å². The summed E-state index contributed by atoms with van der Waals surface area (Å²) in [5.74, 6) is 0. The Hall–Kier alpha value is 0.719. The van der Waals surface area contributed by atoms with Crippen LogP contribution in [0.2, 0.25) is 5.32 Å². The minimum absolute atomic E-state index is 0.627. The molecular formula is C10H17IN2Se. The molecule has 1 unspecified atom stereocenters. The van der Waals surface area contributed by atoms with Gasteiger partial charge in [0.15, 0.2) is 0 Å². The Bertz CT molecular complexity index is 214. The number of halogens is 1. The molecule has 1 aliphatic carbocycles. The van der Waals surface area contributed by atoms with Crippen LogP contribution in [-0.2, 0) is 0 Å². The van der Waals surface area contributed by atoms with Gasteiger partial charge in [-0.3, -0.25) is 0 Å². The molecule has 1 N–H and O–H groups in total. The molecule has 0 amide bonds. The Kier molecular flexibility index (Phi) is 4.57. The van der Waals surface area contributed by atoms with E-state index in [1.807, 2.05) is 0 Å². The number of alkyl halides is 1. The van der Waals surface area contributed by atoms with Crippen LogP contribution in [-0.4, -0.2) is 36.2 Å². The molecule has 0 aromatic carbocycles. The zero-order valence-corrected chi connectivity index (χ0v) is 12.2. The average molecular weight is 371 g/mol. The van der Waals surface area contributed by atoms with Crippen molar-refractivity contribution in [2.24, 2.45) is 4.99 Å². The molecule has 0 spiro atoms. The van der Waals surface area contributed by atoms with E-state index in [0.717, 1.165) is 16.5 Å². The summed E-state index contributed by atoms with van der Waals surface area (Å²) in [6.45, 7) is 1.04. The predicted octanol–water partition coefficient (Wildman–Crippen LogP) is 2.20. The summed E-state index contributed by atoms with van der Waals surface area (Å²) >= 11 is 3.14. The summed E-state index contributed by atoms with van der Waals surface area (Å²) in [6, 6.07) is 0.745. The van der Waals surface area contributed by atoms with Crippen molar-refractivity contribution < 1.29 is 0 Å². The molecule has 2 nitrogen and oxygen atoms in total. The summed E-state index contributed by atoms with van der Waals surface area (Å²) in [5, 5.41) is 5.02. The van der Waals surface area contributed by atoms with E-state index in [0.29, 0.717) is 15.0 Å². The Labute approximate surface area is 106 Å². The fraction of sp³-hybridized carbons (Fsp3) is 0.900. The Morgan fingerprint density at radius 1 is 1.29 bits per heavy atom. The van der Waals surface area contributed by atoms with Crippen molar-refractivity contribution in [3.8, 4) is 0 Å². The maximum atomic E-state index is 4.63.